The summed E-state index contributed by atoms with van der Waals surface area (Å²) in [6.07, 6.45) is 8.71. The third-order valence-corrected chi connectivity index (χ3v) is 6.16. The molecule has 33 heavy (non-hydrogen) atoms. The highest BCUT2D eigenvalue weighted by molar-refractivity contribution is 5.94. The Kier molecular flexibility index (Phi) is 6.21. The van der Waals surface area contributed by atoms with Crippen LogP contribution in [0.5, 0.6) is 6.01 Å². The number of likely N-dealkylation sites (tertiary alicyclic amines) is 1. The highest BCUT2D eigenvalue weighted by Crippen LogP contribution is 2.22. The van der Waals surface area contributed by atoms with Crippen molar-refractivity contribution >= 4 is 11.6 Å². The summed E-state index contributed by atoms with van der Waals surface area (Å²) in [5.74, 6) is 0.0686. The Labute approximate surface area is 193 Å². The van der Waals surface area contributed by atoms with Crippen molar-refractivity contribution in [2.24, 2.45) is 7.05 Å². The molecule has 0 unspecified atom stereocenters. The Morgan fingerprint density at radius 3 is 2.30 bits per heavy atom. The Balaban J connectivity index is 1.12. The van der Waals surface area contributed by atoms with Crippen LogP contribution in [0.25, 0.3) is 11.1 Å². The van der Waals surface area contributed by atoms with Gasteiger partial charge in [0.25, 0.3) is 5.91 Å². The summed E-state index contributed by atoms with van der Waals surface area (Å²) in [6, 6.07) is 8.27. The van der Waals surface area contributed by atoms with Gasteiger partial charge in [0.05, 0.1) is 19.4 Å². The molecule has 1 amide bonds. The first-order chi connectivity index (χ1) is 16.2. The number of ether oxygens (including phenoxy) is 2. The molecule has 0 bridgehead atoms. The quantitative estimate of drug-likeness (QED) is 0.592. The summed E-state index contributed by atoms with van der Waals surface area (Å²) in [7, 11) is 1.87. The van der Waals surface area contributed by atoms with E-state index in [0.29, 0.717) is 19.1 Å². The van der Waals surface area contributed by atoms with Gasteiger partial charge in [-0.1, -0.05) is 0 Å². The maximum absolute atomic E-state index is 12.9. The van der Waals surface area contributed by atoms with E-state index < -0.39 is 0 Å². The summed E-state index contributed by atoms with van der Waals surface area (Å²) in [5.41, 5.74) is 3.72. The molecule has 2 saturated heterocycles. The fourth-order valence-electron chi connectivity index (χ4n) is 4.24. The Hall–Kier alpha value is -3.46. The van der Waals surface area contributed by atoms with Crippen molar-refractivity contribution in [2.75, 3.05) is 44.3 Å². The third-order valence-electron chi connectivity index (χ3n) is 6.16. The van der Waals surface area contributed by atoms with Crippen molar-refractivity contribution in [3.05, 3.63) is 54.6 Å². The van der Waals surface area contributed by atoms with Gasteiger partial charge in [0.1, 0.15) is 6.10 Å². The summed E-state index contributed by atoms with van der Waals surface area (Å²) >= 11 is 0. The number of carbonyl (C=O) groups excluding carboxylic acids is 1. The lowest BCUT2D eigenvalue weighted by Gasteiger charge is -2.32. The average molecular weight is 449 g/mol. The SMILES string of the molecule is Cn1cc(-c2cnc(OC3CCN(C(=O)c4ccc(N5CCOCC5)cc4)CC3)nc2)cn1. The topological polar surface area (TPSA) is 85.6 Å². The highest BCUT2D eigenvalue weighted by atomic mass is 16.5. The van der Waals surface area contributed by atoms with Gasteiger partial charge in [-0.05, 0) is 24.3 Å². The fourth-order valence-corrected chi connectivity index (χ4v) is 4.24. The summed E-state index contributed by atoms with van der Waals surface area (Å²) < 4.78 is 13.1. The lowest BCUT2D eigenvalue weighted by atomic mass is 10.1. The largest absolute Gasteiger partial charge is 0.460 e. The van der Waals surface area contributed by atoms with Gasteiger partial charge < -0.3 is 19.3 Å². The van der Waals surface area contributed by atoms with Gasteiger partial charge in [0.15, 0.2) is 0 Å². The molecule has 9 nitrogen and oxygen atoms in total. The number of hydrogen-bond donors (Lipinski definition) is 0. The minimum atomic E-state index is 0.00184. The lowest BCUT2D eigenvalue weighted by Crippen LogP contribution is -2.42. The van der Waals surface area contributed by atoms with E-state index in [-0.39, 0.29) is 12.0 Å². The summed E-state index contributed by atoms with van der Waals surface area (Å²) in [5, 5.41) is 4.17. The van der Waals surface area contributed by atoms with Crippen LogP contribution in [0.3, 0.4) is 0 Å². The number of morpholine rings is 1. The molecule has 2 aromatic heterocycles. The third kappa shape index (κ3) is 4.98. The van der Waals surface area contributed by atoms with Gasteiger partial charge >= 0.3 is 6.01 Å². The molecule has 0 atom stereocenters. The number of anilines is 1. The molecule has 172 valence electrons. The molecule has 0 radical (unpaired) electrons. The van der Waals surface area contributed by atoms with Crippen LogP contribution >= 0.6 is 0 Å². The van der Waals surface area contributed by atoms with E-state index in [0.717, 1.165) is 61.5 Å². The van der Waals surface area contributed by atoms with Crippen LogP contribution in [0.2, 0.25) is 0 Å². The first kappa shape index (κ1) is 21.4. The predicted octanol–water partition coefficient (Wildman–Crippen LogP) is 2.40. The molecule has 0 aliphatic carbocycles. The monoisotopic (exact) mass is 448 g/mol. The first-order valence-corrected chi connectivity index (χ1v) is 11.4. The highest BCUT2D eigenvalue weighted by Gasteiger charge is 2.25. The van der Waals surface area contributed by atoms with Crippen LogP contribution in [0.15, 0.2) is 49.1 Å². The zero-order valence-corrected chi connectivity index (χ0v) is 18.8. The molecule has 3 aromatic rings. The molecule has 0 saturated carbocycles. The summed E-state index contributed by atoms with van der Waals surface area (Å²) in [4.78, 5) is 25.8. The van der Waals surface area contributed by atoms with E-state index in [1.54, 1.807) is 23.3 Å². The van der Waals surface area contributed by atoms with E-state index in [1.807, 2.05) is 42.4 Å². The smallest absolute Gasteiger partial charge is 0.316 e. The molecule has 5 rings (SSSR count). The van der Waals surface area contributed by atoms with Crippen molar-refractivity contribution in [1.82, 2.24) is 24.6 Å². The normalized spacial score (nSPS) is 17.2. The van der Waals surface area contributed by atoms with Crippen LogP contribution in [0.4, 0.5) is 5.69 Å². The molecular weight excluding hydrogens is 420 g/mol. The zero-order valence-electron chi connectivity index (χ0n) is 18.8. The van der Waals surface area contributed by atoms with E-state index in [1.165, 1.54) is 0 Å². The van der Waals surface area contributed by atoms with Crippen molar-refractivity contribution in [3.63, 3.8) is 0 Å². The fraction of sp³-hybridized carbons (Fsp3) is 0.417. The molecule has 2 aliphatic rings. The predicted molar refractivity (Wildman–Crippen MR) is 123 cm³/mol. The zero-order chi connectivity index (χ0) is 22.6. The molecule has 1 aromatic carbocycles. The Bertz CT molecular complexity index is 1070. The van der Waals surface area contributed by atoms with Crippen molar-refractivity contribution < 1.29 is 14.3 Å². The molecule has 0 spiro atoms. The number of amides is 1. The van der Waals surface area contributed by atoms with E-state index >= 15 is 0 Å². The number of carbonyl (C=O) groups is 1. The average Bonchev–Trinajstić information content (AvgIpc) is 3.31. The van der Waals surface area contributed by atoms with Crippen LogP contribution in [0.1, 0.15) is 23.2 Å². The maximum atomic E-state index is 12.9. The van der Waals surface area contributed by atoms with Crippen LogP contribution in [-0.2, 0) is 11.8 Å². The van der Waals surface area contributed by atoms with Crippen LogP contribution in [-0.4, -0.2) is 76.1 Å². The van der Waals surface area contributed by atoms with Gasteiger partial charge in [-0.15, -0.1) is 0 Å². The van der Waals surface area contributed by atoms with Gasteiger partial charge in [-0.2, -0.15) is 5.10 Å². The van der Waals surface area contributed by atoms with Crippen molar-refractivity contribution in [1.29, 1.82) is 0 Å². The van der Waals surface area contributed by atoms with E-state index in [9.17, 15) is 4.79 Å². The van der Waals surface area contributed by atoms with E-state index in [4.69, 9.17) is 9.47 Å². The van der Waals surface area contributed by atoms with Crippen molar-refractivity contribution in [3.8, 4) is 17.1 Å². The Morgan fingerprint density at radius 1 is 0.970 bits per heavy atom. The second kappa shape index (κ2) is 9.58. The Morgan fingerprint density at radius 2 is 1.67 bits per heavy atom. The molecule has 2 fully saturated rings. The number of aryl methyl sites for hydroxylation is 1. The molecular formula is C24H28N6O3. The van der Waals surface area contributed by atoms with Crippen LogP contribution in [0, 0.1) is 0 Å². The maximum Gasteiger partial charge on any atom is 0.316 e. The summed E-state index contributed by atoms with van der Waals surface area (Å²) in [6.45, 7) is 4.58. The number of benzene rings is 1. The molecule has 9 heteroatoms. The number of piperidine rings is 1. The van der Waals surface area contributed by atoms with Crippen LogP contribution < -0.4 is 9.64 Å². The number of aromatic nitrogens is 4. The first-order valence-electron chi connectivity index (χ1n) is 11.4. The standard InChI is InChI=1S/C24H28N6O3/c1-28-17-20(16-27-28)19-14-25-24(26-15-19)33-22-6-8-30(9-7-22)23(31)18-2-4-21(5-3-18)29-10-12-32-13-11-29/h2-5,14-17,22H,6-13H2,1H3. The number of nitrogens with zero attached hydrogens (tertiary/aromatic N) is 6. The van der Waals surface area contributed by atoms with Crippen molar-refractivity contribution in [2.45, 2.75) is 18.9 Å². The van der Waals surface area contributed by atoms with Gasteiger partial charge in [-0.25, -0.2) is 9.97 Å². The van der Waals surface area contributed by atoms with Gasteiger partial charge in [0, 0.05) is 87.0 Å². The van der Waals surface area contributed by atoms with Gasteiger partial charge in [0.2, 0.25) is 0 Å². The lowest BCUT2D eigenvalue weighted by molar-refractivity contribution is 0.0578. The number of hydrogen-bond acceptors (Lipinski definition) is 7. The minimum absolute atomic E-state index is 0.00184. The second-order valence-corrected chi connectivity index (χ2v) is 8.41. The van der Waals surface area contributed by atoms with E-state index in [2.05, 4.69) is 20.0 Å². The minimum Gasteiger partial charge on any atom is -0.460 e. The molecule has 2 aliphatic heterocycles. The molecule has 4 heterocycles. The second-order valence-electron chi connectivity index (χ2n) is 8.41. The molecule has 0 N–H and O–H groups in total. The van der Waals surface area contributed by atoms with Gasteiger partial charge in [-0.3, -0.25) is 9.48 Å². The number of rotatable bonds is 5.